The second-order valence-electron chi connectivity index (χ2n) is 3.12. The topological polar surface area (TPSA) is 38.3 Å². The van der Waals surface area contributed by atoms with E-state index in [0.29, 0.717) is 22.9 Å². The first kappa shape index (κ1) is 9.34. The highest BCUT2D eigenvalue weighted by atomic mass is 35.5. The molecule has 0 aliphatic carbocycles. The molecule has 1 N–H and O–H groups in total. The predicted molar refractivity (Wildman–Crippen MR) is 54.8 cm³/mol. The zero-order chi connectivity index (χ0) is 10.1. The van der Waals surface area contributed by atoms with Crippen LogP contribution >= 0.6 is 11.6 Å². The quantitative estimate of drug-likeness (QED) is 0.775. The summed E-state index contributed by atoms with van der Waals surface area (Å²) in [7, 11) is 0. The van der Waals surface area contributed by atoms with Crippen LogP contribution in [0.3, 0.4) is 0 Å². The van der Waals surface area contributed by atoms with E-state index in [9.17, 15) is 4.79 Å². The van der Waals surface area contributed by atoms with Gasteiger partial charge in [0.1, 0.15) is 0 Å². The fourth-order valence-electron chi connectivity index (χ4n) is 1.40. The highest BCUT2D eigenvalue weighted by Crippen LogP contribution is 2.36. The highest BCUT2D eigenvalue weighted by Gasteiger charge is 2.27. The number of ether oxygens (including phenoxy) is 1. The highest BCUT2D eigenvalue weighted by molar-refractivity contribution is 6.32. The van der Waals surface area contributed by atoms with Crippen LogP contribution < -0.4 is 10.1 Å². The third-order valence-electron chi connectivity index (χ3n) is 2.15. The number of fused-ring (bicyclic) bond motifs is 1. The zero-order valence-electron chi connectivity index (χ0n) is 7.71. The van der Waals surface area contributed by atoms with Gasteiger partial charge in [-0.2, -0.15) is 0 Å². The molecule has 1 amide bonds. The molecule has 4 heteroatoms. The molecule has 1 aliphatic heterocycles. The van der Waals surface area contributed by atoms with Gasteiger partial charge in [-0.3, -0.25) is 4.79 Å². The minimum atomic E-state index is -0.428. The molecule has 0 aromatic heterocycles. The summed E-state index contributed by atoms with van der Waals surface area (Å²) in [4.78, 5) is 11.4. The van der Waals surface area contributed by atoms with Crippen LogP contribution in [0, 0.1) is 0 Å². The number of amides is 1. The average molecular weight is 212 g/mol. The summed E-state index contributed by atoms with van der Waals surface area (Å²) in [5.41, 5.74) is 0.646. The fourth-order valence-corrected chi connectivity index (χ4v) is 1.62. The summed E-state index contributed by atoms with van der Waals surface area (Å²) in [6.07, 6.45) is 0.207. The van der Waals surface area contributed by atoms with E-state index in [1.807, 2.05) is 6.92 Å². The Balaban J connectivity index is 2.40. The molecule has 0 bridgehead atoms. The largest absolute Gasteiger partial charge is 0.477 e. The normalized spacial score (nSPS) is 19.6. The van der Waals surface area contributed by atoms with Crippen LogP contribution in [0.2, 0.25) is 5.02 Å². The van der Waals surface area contributed by atoms with Crippen LogP contribution in [-0.2, 0) is 4.79 Å². The number of benzene rings is 1. The monoisotopic (exact) mass is 211 g/mol. The van der Waals surface area contributed by atoms with Gasteiger partial charge in [0.25, 0.3) is 5.91 Å². The first-order valence-electron chi connectivity index (χ1n) is 4.48. The second kappa shape index (κ2) is 3.50. The molecule has 0 saturated heterocycles. The molecule has 0 radical (unpaired) electrons. The molecule has 0 spiro atoms. The third-order valence-corrected chi connectivity index (χ3v) is 2.45. The van der Waals surface area contributed by atoms with Gasteiger partial charge in [0, 0.05) is 0 Å². The summed E-state index contributed by atoms with van der Waals surface area (Å²) >= 11 is 5.94. The molecular formula is C10H10ClNO2. The third kappa shape index (κ3) is 1.44. The van der Waals surface area contributed by atoms with Gasteiger partial charge in [-0.25, -0.2) is 0 Å². The van der Waals surface area contributed by atoms with Crippen molar-refractivity contribution in [1.29, 1.82) is 0 Å². The van der Waals surface area contributed by atoms with Crippen molar-refractivity contribution < 1.29 is 9.53 Å². The Kier molecular flexibility index (Phi) is 2.33. The average Bonchev–Trinajstić information content (AvgIpc) is 2.17. The number of anilines is 1. The van der Waals surface area contributed by atoms with Crippen molar-refractivity contribution in [3.8, 4) is 5.75 Å². The van der Waals surface area contributed by atoms with Gasteiger partial charge in [-0.15, -0.1) is 0 Å². The molecule has 1 aliphatic rings. The first-order chi connectivity index (χ1) is 6.72. The van der Waals surface area contributed by atoms with Crippen LogP contribution in [0.1, 0.15) is 13.3 Å². The van der Waals surface area contributed by atoms with E-state index in [0.717, 1.165) is 0 Å². The molecule has 1 aromatic rings. The lowest BCUT2D eigenvalue weighted by molar-refractivity contribution is -0.123. The van der Waals surface area contributed by atoms with Gasteiger partial charge >= 0.3 is 0 Å². The maximum atomic E-state index is 11.4. The number of hydrogen-bond donors (Lipinski definition) is 1. The number of rotatable bonds is 1. The Morgan fingerprint density at radius 3 is 3.07 bits per heavy atom. The molecule has 1 heterocycles. The van der Waals surface area contributed by atoms with E-state index in [1.165, 1.54) is 0 Å². The molecule has 3 nitrogen and oxygen atoms in total. The molecular weight excluding hydrogens is 202 g/mol. The van der Waals surface area contributed by atoms with Crippen LogP contribution in [0.4, 0.5) is 5.69 Å². The predicted octanol–water partition coefficient (Wildman–Crippen LogP) is 2.45. The number of carbonyl (C=O) groups excluding carboxylic acids is 1. The minimum absolute atomic E-state index is 0.109. The minimum Gasteiger partial charge on any atom is -0.477 e. The maximum absolute atomic E-state index is 11.4. The fraction of sp³-hybridized carbons (Fsp3) is 0.300. The summed E-state index contributed by atoms with van der Waals surface area (Å²) in [6, 6.07) is 5.28. The SMILES string of the molecule is CC[C@@H]1Oc2c(Cl)cccc2NC1=O. The van der Waals surface area contributed by atoms with E-state index in [1.54, 1.807) is 18.2 Å². The van der Waals surface area contributed by atoms with Gasteiger partial charge in [0.2, 0.25) is 0 Å². The van der Waals surface area contributed by atoms with Crippen molar-refractivity contribution in [2.75, 3.05) is 5.32 Å². The second-order valence-corrected chi connectivity index (χ2v) is 3.53. The number of nitrogens with one attached hydrogen (secondary N) is 1. The standard InChI is InChI=1S/C10H10ClNO2/c1-2-8-10(13)12-7-5-3-4-6(11)9(7)14-8/h3-5,8H,2H2,1H3,(H,12,13)/t8-/m0/s1. The summed E-state index contributed by atoms with van der Waals surface area (Å²) in [5, 5.41) is 3.28. The van der Waals surface area contributed by atoms with E-state index in [-0.39, 0.29) is 5.91 Å². The molecule has 1 atom stereocenters. The van der Waals surface area contributed by atoms with E-state index in [4.69, 9.17) is 16.3 Å². The Labute approximate surface area is 87.0 Å². The molecule has 0 saturated carbocycles. The summed E-state index contributed by atoms with van der Waals surface area (Å²) in [5.74, 6) is 0.461. The van der Waals surface area contributed by atoms with E-state index in [2.05, 4.69) is 5.32 Å². The zero-order valence-corrected chi connectivity index (χ0v) is 8.47. The number of carbonyl (C=O) groups is 1. The maximum Gasteiger partial charge on any atom is 0.265 e. The number of hydrogen-bond acceptors (Lipinski definition) is 2. The lowest BCUT2D eigenvalue weighted by atomic mass is 10.2. The molecule has 0 unspecified atom stereocenters. The van der Waals surface area contributed by atoms with Gasteiger partial charge in [0.05, 0.1) is 10.7 Å². The summed E-state index contributed by atoms with van der Waals surface area (Å²) in [6.45, 7) is 1.89. The smallest absolute Gasteiger partial charge is 0.265 e. The Morgan fingerprint density at radius 1 is 1.57 bits per heavy atom. The summed E-state index contributed by atoms with van der Waals surface area (Å²) < 4.78 is 5.48. The van der Waals surface area contributed by atoms with Crippen LogP contribution in [0.25, 0.3) is 0 Å². The Hall–Kier alpha value is -1.22. The number of halogens is 1. The van der Waals surface area contributed by atoms with Gasteiger partial charge in [-0.1, -0.05) is 24.6 Å². The van der Waals surface area contributed by atoms with Crippen molar-refractivity contribution in [1.82, 2.24) is 0 Å². The molecule has 1 aromatic carbocycles. The Bertz CT molecular complexity index is 378. The molecule has 14 heavy (non-hydrogen) atoms. The van der Waals surface area contributed by atoms with Crippen molar-refractivity contribution in [2.45, 2.75) is 19.4 Å². The van der Waals surface area contributed by atoms with Gasteiger partial charge < -0.3 is 10.1 Å². The van der Waals surface area contributed by atoms with Crippen LogP contribution in [0.15, 0.2) is 18.2 Å². The first-order valence-corrected chi connectivity index (χ1v) is 4.86. The van der Waals surface area contributed by atoms with Crippen LogP contribution in [0.5, 0.6) is 5.75 Å². The molecule has 0 fully saturated rings. The Morgan fingerprint density at radius 2 is 2.36 bits per heavy atom. The van der Waals surface area contributed by atoms with Gasteiger partial charge in [0.15, 0.2) is 11.9 Å². The van der Waals surface area contributed by atoms with Crippen molar-refractivity contribution in [3.63, 3.8) is 0 Å². The van der Waals surface area contributed by atoms with Crippen LogP contribution in [-0.4, -0.2) is 12.0 Å². The van der Waals surface area contributed by atoms with Crippen molar-refractivity contribution >= 4 is 23.2 Å². The lowest BCUT2D eigenvalue weighted by Crippen LogP contribution is -2.36. The van der Waals surface area contributed by atoms with E-state index >= 15 is 0 Å². The molecule has 74 valence electrons. The number of para-hydroxylation sites is 1. The van der Waals surface area contributed by atoms with E-state index < -0.39 is 6.10 Å². The van der Waals surface area contributed by atoms with Gasteiger partial charge in [-0.05, 0) is 18.6 Å². The lowest BCUT2D eigenvalue weighted by Gasteiger charge is -2.25. The molecule has 2 rings (SSSR count). The van der Waals surface area contributed by atoms with Crippen molar-refractivity contribution in [2.24, 2.45) is 0 Å². The van der Waals surface area contributed by atoms with Crippen molar-refractivity contribution in [3.05, 3.63) is 23.2 Å².